The molecule has 2 nitrogen and oxygen atoms in total. The van der Waals surface area contributed by atoms with Crippen molar-refractivity contribution in [3.8, 4) is 0 Å². The zero-order valence-corrected chi connectivity index (χ0v) is 11.4. The summed E-state index contributed by atoms with van der Waals surface area (Å²) in [6.07, 6.45) is 4.16. The minimum Gasteiger partial charge on any atom is -0.321 e. The van der Waals surface area contributed by atoms with E-state index in [0.717, 1.165) is 31.7 Å². The lowest BCUT2D eigenvalue weighted by Crippen LogP contribution is -2.10. The molecule has 3 rings (SSSR count). The molecule has 19 heavy (non-hydrogen) atoms. The van der Waals surface area contributed by atoms with Crippen LogP contribution in [0.4, 0.5) is 8.78 Å². The van der Waals surface area contributed by atoms with Gasteiger partial charge in [-0.3, -0.25) is 0 Å². The lowest BCUT2D eigenvalue weighted by Gasteiger charge is -2.17. The molecule has 102 valence electrons. The van der Waals surface area contributed by atoms with E-state index in [1.54, 1.807) is 0 Å². The number of alkyl halides is 1. The Morgan fingerprint density at radius 3 is 2.63 bits per heavy atom. The summed E-state index contributed by atoms with van der Waals surface area (Å²) in [7, 11) is 0. The Morgan fingerprint density at radius 2 is 2.00 bits per heavy atom. The van der Waals surface area contributed by atoms with E-state index in [1.807, 2.05) is 11.5 Å². The molecule has 1 unspecified atom stereocenters. The molecule has 1 atom stereocenters. The van der Waals surface area contributed by atoms with E-state index >= 15 is 0 Å². The third-order valence-electron chi connectivity index (χ3n) is 3.82. The fourth-order valence-corrected chi connectivity index (χ4v) is 3.11. The Balaban J connectivity index is 2.30. The molecule has 0 spiro atoms. The van der Waals surface area contributed by atoms with Crippen molar-refractivity contribution < 1.29 is 8.78 Å². The first-order chi connectivity index (χ1) is 9.09. The van der Waals surface area contributed by atoms with Gasteiger partial charge in [0.2, 0.25) is 0 Å². The molecule has 0 amide bonds. The number of aromatic nitrogens is 2. The molecule has 1 aliphatic rings. The minimum absolute atomic E-state index is 0.178. The van der Waals surface area contributed by atoms with Gasteiger partial charge in [0.15, 0.2) is 11.6 Å². The molecule has 1 saturated carbocycles. The number of hydrogen-bond acceptors (Lipinski definition) is 1. The van der Waals surface area contributed by atoms with Gasteiger partial charge in [-0.2, -0.15) is 0 Å². The van der Waals surface area contributed by atoms with Crippen LogP contribution in [0.25, 0.3) is 11.0 Å². The molecule has 2 aromatic rings. The average molecular weight is 285 g/mol. The van der Waals surface area contributed by atoms with Crippen LogP contribution in [0.3, 0.4) is 0 Å². The quantitative estimate of drug-likeness (QED) is 0.729. The molecular weight excluding hydrogens is 270 g/mol. The van der Waals surface area contributed by atoms with Gasteiger partial charge in [-0.1, -0.05) is 12.8 Å². The highest BCUT2D eigenvalue weighted by atomic mass is 35.5. The maximum Gasteiger partial charge on any atom is 0.184 e. The Labute approximate surface area is 115 Å². The van der Waals surface area contributed by atoms with Crippen molar-refractivity contribution in [3.63, 3.8) is 0 Å². The van der Waals surface area contributed by atoms with Crippen molar-refractivity contribution >= 4 is 22.6 Å². The van der Waals surface area contributed by atoms with Crippen LogP contribution in [0, 0.1) is 11.6 Å². The third-order valence-corrected chi connectivity index (χ3v) is 4.01. The van der Waals surface area contributed by atoms with Crippen LogP contribution >= 0.6 is 11.6 Å². The molecule has 1 fully saturated rings. The van der Waals surface area contributed by atoms with Crippen molar-refractivity contribution in [2.24, 2.45) is 0 Å². The van der Waals surface area contributed by atoms with Gasteiger partial charge in [-0.25, -0.2) is 13.8 Å². The number of rotatable bonds is 2. The van der Waals surface area contributed by atoms with E-state index in [2.05, 4.69) is 4.98 Å². The van der Waals surface area contributed by atoms with Crippen molar-refractivity contribution in [1.82, 2.24) is 9.55 Å². The smallest absolute Gasteiger partial charge is 0.184 e. The molecule has 0 saturated heterocycles. The summed E-state index contributed by atoms with van der Waals surface area (Å²) in [4.78, 5) is 4.38. The van der Waals surface area contributed by atoms with Crippen LogP contribution in [-0.2, 0) is 0 Å². The van der Waals surface area contributed by atoms with E-state index in [1.165, 1.54) is 6.07 Å². The monoisotopic (exact) mass is 284 g/mol. The number of nitrogens with zero attached hydrogens (tertiary/aromatic N) is 2. The van der Waals surface area contributed by atoms with Gasteiger partial charge in [-0.15, -0.1) is 11.6 Å². The number of halogens is 3. The van der Waals surface area contributed by atoms with Crippen LogP contribution in [-0.4, -0.2) is 9.55 Å². The molecule has 0 radical (unpaired) electrons. The molecule has 5 heteroatoms. The lowest BCUT2D eigenvalue weighted by molar-refractivity contribution is 0.483. The van der Waals surface area contributed by atoms with E-state index in [9.17, 15) is 8.78 Å². The van der Waals surface area contributed by atoms with Gasteiger partial charge >= 0.3 is 0 Å². The van der Waals surface area contributed by atoms with Crippen molar-refractivity contribution in [2.45, 2.75) is 44.0 Å². The second-order valence-electron chi connectivity index (χ2n) is 5.12. The van der Waals surface area contributed by atoms with E-state index < -0.39 is 11.6 Å². The maximum atomic E-state index is 14.1. The number of benzene rings is 1. The fourth-order valence-electron chi connectivity index (χ4n) is 2.95. The zero-order chi connectivity index (χ0) is 13.6. The first-order valence-electron chi connectivity index (χ1n) is 6.59. The summed E-state index contributed by atoms with van der Waals surface area (Å²) in [5, 5.41) is -0.324. The predicted octanol–water partition coefficient (Wildman–Crippen LogP) is 4.73. The molecular formula is C14H15ClF2N2. The lowest BCUT2D eigenvalue weighted by atomic mass is 10.2. The van der Waals surface area contributed by atoms with Crippen LogP contribution in [0.1, 0.15) is 49.9 Å². The highest BCUT2D eigenvalue weighted by molar-refractivity contribution is 6.20. The summed E-state index contributed by atoms with van der Waals surface area (Å²) in [6, 6.07) is 2.81. The summed E-state index contributed by atoms with van der Waals surface area (Å²) in [5.41, 5.74) is 0.739. The SMILES string of the molecule is CC(Cl)c1nc2ccc(F)c(F)c2n1C1CCCC1. The molecule has 0 N–H and O–H groups in total. The van der Waals surface area contributed by atoms with Gasteiger partial charge in [0.1, 0.15) is 11.3 Å². The number of imidazole rings is 1. The van der Waals surface area contributed by atoms with Gasteiger partial charge in [0.25, 0.3) is 0 Å². The second kappa shape index (κ2) is 4.75. The van der Waals surface area contributed by atoms with Crippen molar-refractivity contribution in [2.75, 3.05) is 0 Å². The molecule has 1 aromatic heterocycles. The first kappa shape index (κ1) is 12.9. The Hall–Kier alpha value is -1.16. The van der Waals surface area contributed by atoms with E-state index in [0.29, 0.717) is 11.3 Å². The Bertz CT molecular complexity index is 615. The Morgan fingerprint density at radius 1 is 1.32 bits per heavy atom. The molecule has 1 heterocycles. The topological polar surface area (TPSA) is 17.8 Å². The third kappa shape index (κ3) is 2.02. The average Bonchev–Trinajstić information content (AvgIpc) is 3.00. The molecule has 1 aliphatic carbocycles. The normalized spacial score (nSPS) is 18.3. The highest BCUT2D eigenvalue weighted by Crippen LogP contribution is 2.37. The Kier molecular flexibility index (Phi) is 3.21. The standard InChI is InChI=1S/C14H15ClF2N2/c1-8(15)14-18-11-7-6-10(16)12(17)13(11)19(14)9-4-2-3-5-9/h6-9H,2-5H2,1H3. The van der Waals surface area contributed by atoms with Gasteiger partial charge in [0, 0.05) is 6.04 Å². The van der Waals surface area contributed by atoms with Crippen molar-refractivity contribution in [1.29, 1.82) is 0 Å². The minimum atomic E-state index is -0.833. The van der Waals surface area contributed by atoms with E-state index in [4.69, 9.17) is 11.6 Å². The zero-order valence-electron chi connectivity index (χ0n) is 10.7. The molecule has 0 aliphatic heterocycles. The molecule has 0 bridgehead atoms. The van der Waals surface area contributed by atoms with Crippen LogP contribution in [0.2, 0.25) is 0 Å². The van der Waals surface area contributed by atoms with Gasteiger partial charge in [-0.05, 0) is 31.9 Å². The van der Waals surface area contributed by atoms with Crippen LogP contribution in [0.15, 0.2) is 12.1 Å². The summed E-state index contributed by atoms with van der Waals surface area (Å²) >= 11 is 6.15. The summed E-state index contributed by atoms with van der Waals surface area (Å²) in [6.45, 7) is 1.81. The number of fused-ring (bicyclic) bond motifs is 1. The number of hydrogen-bond donors (Lipinski definition) is 0. The summed E-state index contributed by atoms with van der Waals surface area (Å²) < 4.78 is 29.4. The second-order valence-corrected chi connectivity index (χ2v) is 5.78. The fraction of sp³-hybridized carbons (Fsp3) is 0.500. The van der Waals surface area contributed by atoms with E-state index in [-0.39, 0.29) is 16.9 Å². The van der Waals surface area contributed by atoms with Gasteiger partial charge in [0.05, 0.1) is 10.9 Å². The highest BCUT2D eigenvalue weighted by Gasteiger charge is 2.26. The van der Waals surface area contributed by atoms with Crippen LogP contribution < -0.4 is 0 Å². The maximum absolute atomic E-state index is 14.1. The summed E-state index contributed by atoms with van der Waals surface area (Å²) in [5.74, 6) is -1.02. The largest absolute Gasteiger partial charge is 0.321 e. The van der Waals surface area contributed by atoms with Crippen molar-refractivity contribution in [3.05, 3.63) is 29.6 Å². The van der Waals surface area contributed by atoms with Crippen LogP contribution in [0.5, 0.6) is 0 Å². The van der Waals surface area contributed by atoms with Gasteiger partial charge < -0.3 is 4.57 Å². The molecule has 1 aromatic carbocycles. The predicted molar refractivity (Wildman–Crippen MR) is 71.4 cm³/mol. The first-order valence-corrected chi connectivity index (χ1v) is 7.03.